The molecule has 134 valence electrons. The molecular formula is C18H22N2O3S2. The number of benzene rings is 1. The van der Waals surface area contributed by atoms with Gasteiger partial charge >= 0.3 is 6.09 Å². The van der Waals surface area contributed by atoms with Crippen molar-refractivity contribution >= 4 is 40.2 Å². The van der Waals surface area contributed by atoms with Crippen molar-refractivity contribution in [2.24, 2.45) is 0 Å². The smallest absolute Gasteiger partial charge is 0.410 e. The van der Waals surface area contributed by atoms with Gasteiger partial charge in [-0.05, 0) is 12.0 Å². The van der Waals surface area contributed by atoms with Gasteiger partial charge in [-0.15, -0.1) is 11.8 Å². The largest absolute Gasteiger partial charge is 0.445 e. The maximum absolute atomic E-state index is 12.4. The monoisotopic (exact) mass is 378 g/mol. The number of thioether (sulfide) groups is 1. The Kier molecular flexibility index (Phi) is 7.01. The molecule has 0 bridgehead atoms. The molecule has 0 N–H and O–H groups in total. The van der Waals surface area contributed by atoms with Crippen molar-refractivity contribution in [2.75, 3.05) is 27.2 Å². The maximum atomic E-state index is 12.4. The Labute approximate surface area is 158 Å². The summed E-state index contributed by atoms with van der Waals surface area (Å²) in [6, 6.07) is 9.21. The highest BCUT2D eigenvalue weighted by Crippen LogP contribution is 2.31. The van der Waals surface area contributed by atoms with E-state index in [0.29, 0.717) is 13.0 Å². The van der Waals surface area contributed by atoms with Gasteiger partial charge in [-0.25, -0.2) is 4.79 Å². The van der Waals surface area contributed by atoms with Gasteiger partial charge in [0.1, 0.15) is 12.6 Å². The van der Waals surface area contributed by atoms with Crippen LogP contribution in [0.2, 0.25) is 0 Å². The molecule has 0 radical (unpaired) electrons. The molecule has 0 aromatic heterocycles. The second-order valence-electron chi connectivity index (χ2n) is 5.90. The summed E-state index contributed by atoms with van der Waals surface area (Å²) in [6.07, 6.45) is 1.57. The van der Waals surface area contributed by atoms with Gasteiger partial charge in [0.15, 0.2) is 0 Å². The molecular weight excluding hydrogens is 356 g/mol. The zero-order valence-electron chi connectivity index (χ0n) is 14.4. The Bertz CT molecular complexity index is 649. The molecule has 7 heteroatoms. The lowest BCUT2D eigenvalue weighted by atomic mass is 10.2. The second-order valence-corrected chi connectivity index (χ2v) is 7.87. The second kappa shape index (κ2) is 9.01. The van der Waals surface area contributed by atoms with E-state index in [1.54, 1.807) is 14.1 Å². The van der Waals surface area contributed by atoms with Crippen molar-refractivity contribution < 1.29 is 14.3 Å². The van der Waals surface area contributed by atoms with Crippen molar-refractivity contribution in [1.29, 1.82) is 0 Å². The molecule has 2 rings (SSSR count). The van der Waals surface area contributed by atoms with E-state index in [-0.39, 0.29) is 17.8 Å². The normalized spacial score (nSPS) is 19.4. The van der Waals surface area contributed by atoms with Gasteiger partial charge in [-0.2, -0.15) is 0 Å². The van der Waals surface area contributed by atoms with Gasteiger partial charge in [0.2, 0.25) is 5.91 Å². The molecule has 1 aromatic carbocycles. The minimum atomic E-state index is -0.525. The lowest BCUT2D eigenvalue weighted by molar-refractivity contribution is -0.132. The quantitative estimate of drug-likeness (QED) is 0.582. The van der Waals surface area contributed by atoms with Crippen LogP contribution < -0.4 is 0 Å². The molecule has 2 atom stereocenters. The predicted molar refractivity (Wildman–Crippen MR) is 105 cm³/mol. The van der Waals surface area contributed by atoms with Crippen LogP contribution in [0.1, 0.15) is 12.0 Å². The highest BCUT2D eigenvalue weighted by atomic mass is 32.2. The number of likely N-dealkylation sites (tertiary alicyclic amines) is 1. The van der Waals surface area contributed by atoms with Gasteiger partial charge in [0, 0.05) is 25.9 Å². The third-order valence-electron chi connectivity index (χ3n) is 3.83. The van der Waals surface area contributed by atoms with Crippen molar-refractivity contribution in [3.63, 3.8) is 0 Å². The number of amides is 2. The molecule has 25 heavy (non-hydrogen) atoms. The zero-order valence-corrected chi connectivity index (χ0v) is 16.0. The highest BCUT2D eigenvalue weighted by Gasteiger charge is 2.41. The average molecular weight is 379 g/mol. The summed E-state index contributed by atoms with van der Waals surface area (Å²) >= 11 is 7.04. The van der Waals surface area contributed by atoms with Gasteiger partial charge < -0.3 is 9.64 Å². The Balaban J connectivity index is 2.08. The van der Waals surface area contributed by atoms with Crippen LogP contribution in [-0.4, -0.2) is 64.5 Å². The summed E-state index contributed by atoms with van der Waals surface area (Å²) in [5, 5.41) is 0.0536. The van der Waals surface area contributed by atoms with Crippen LogP contribution in [0.4, 0.5) is 4.79 Å². The number of hydrogen-bond donors (Lipinski definition) is 0. The minimum absolute atomic E-state index is 0.0536. The van der Waals surface area contributed by atoms with Crippen LogP contribution in [0, 0.1) is 0 Å². The first-order valence-electron chi connectivity index (χ1n) is 7.95. The fourth-order valence-corrected chi connectivity index (χ4v) is 4.26. The van der Waals surface area contributed by atoms with Crippen LogP contribution >= 0.6 is 24.0 Å². The number of hydrogen-bond acceptors (Lipinski definition) is 5. The number of ether oxygens (including phenoxy) is 1. The van der Waals surface area contributed by atoms with Crippen LogP contribution in [0.25, 0.3) is 0 Å². The first-order valence-corrected chi connectivity index (χ1v) is 9.24. The topological polar surface area (TPSA) is 49.9 Å². The Morgan fingerprint density at radius 1 is 1.40 bits per heavy atom. The van der Waals surface area contributed by atoms with E-state index in [1.165, 1.54) is 27.6 Å². The fourth-order valence-electron chi connectivity index (χ4n) is 2.62. The van der Waals surface area contributed by atoms with E-state index in [0.717, 1.165) is 9.76 Å². The van der Waals surface area contributed by atoms with E-state index >= 15 is 0 Å². The van der Waals surface area contributed by atoms with Crippen molar-refractivity contribution in [2.45, 2.75) is 17.7 Å². The molecule has 0 spiro atoms. The summed E-state index contributed by atoms with van der Waals surface area (Å²) in [5.74, 6) is -0.107. The lowest BCUT2D eigenvalue weighted by Crippen LogP contribution is -2.45. The Morgan fingerprint density at radius 3 is 2.68 bits per heavy atom. The summed E-state index contributed by atoms with van der Waals surface area (Å²) in [5.41, 5.74) is 0.977. The predicted octanol–water partition coefficient (Wildman–Crippen LogP) is 2.95. The standard InChI is InChI=1S/C18H22N2O3S2/c1-4-10-23-18(22)20-12-14(11-15(20)16(21)19(2)3)25-17(24)13-8-6-5-7-9-13/h4-9,14-15H,1,10-12H2,2-3H3/t14-,15-/m0/s1. The molecule has 1 heterocycles. The van der Waals surface area contributed by atoms with Gasteiger partial charge in [0.05, 0.1) is 4.20 Å². The first kappa shape index (κ1) is 19.5. The molecule has 1 aromatic rings. The minimum Gasteiger partial charge on any atom is -0.445 e. The van der Waals surface area contributed by atoms with Gasteiger partial charge in [0.25, 0.3) is 0 Å². The molecule has 1 fully saturated rings. The zero-order chi connectivity index (χ0) is 18.4. The number of likely N-dealkylation sites (N-methyl/N-ethyl adjacent to an activating group) is 1. The van der Waals surface area contributed by atoms with Crippen molar-refractivity contribution in [1.82, 2.24) is 9.80 Å². The third kappa shape index (κ3) is 5.06. The van der Waals surface area contributed by atoms with Crippen LogP contribution in [0.5, 0.6) is 0 Å². The number of carbonyl (C=O) groups is 2. The Hall–Kier alpha value is -1.86. The van der Waals surface area contributed by atoms with Crippen LogP contribution in [0.15, 0.2) is 43.0 Å². The van der Waals surface area contributed by atoms with Gasteiger partial charge in [-0.3, -0.25) is 9.69 Å². The molecule has 5 nitrogen and oxygen atoms in total. The number of nitrogens with zero attached hydrogens (tertiary/aromatic N) is 2. The summed E-state index contributed by atoms with van der Waals surface area (Å²) in [4.78, 5) is 27.7. The summed E-state index contributed by atoms with van der Waals surface area (Å²) < 4.78 is 5.90. The fraction of sp³-hybridized carbons (Fsp3) is 0.389. The number of thiocarbonyl (C=S) groups is 1. The summed E-state index contributed by atoms with van der Waals surface area (Å²) in [6.45, 7) is 4.09. The molecule has 2 amide bonds. The van der Waals surface area contributed by atoms with Gasteiger partial charge in [-0.1, -0.05) is 55.2 Å². The number of carbonyl (C=O) groups excluding carboxylic acids is 2. The van der Waals surface area contributed by atoms with E-state index in [9.17, 15) is 9.59 Å². The van der Waals surface area contributed by atoms with Crippen LogP contribution in [0.3, 0.4) is 0 Å². The molecule has 0 saturated carbocycles. The maximum Gasteiger partial charge on any atom is 0.410 e. The highest BCUT2D eigenvalue weighted by molar-refractivity contribution is 8.24. The SMILES string of the molecule is C=CCOC(=O)N1C[C@@H](SC(=S)c2ccccc2)C[C@H]1C(=O)N(C)C. The lowest BCUT2D eigenvalue weighted by Gasteiger charge is -2.25. The molecule has 0 unspecified atom stereocenters. The van der Waals surface area contributed by atoms with E-state index in [2.05, 4.69) is 6.58 Å². The molecule has 1 saturated heterocycles. The average Bonchev–Trinajstić information content (AvgIpc) is 3.03. The molecule has 0 aliphatic carbocycles. The number of rotatable bonds is 5. The molecule has 1 aliphatic heterocycles. The first-order chi connectivity index (χ1) is 11.9. The van der Waals surface area contributed by atoms with E-state index in [4.69, 9.17) is 17.0 Å². The van der Waals surface area contributed by atoms with Crippen LogP contribution in [-0.2, 0) is 9.53 Å². The van der Waals surface area contributed by atoms with Crippen molar-refractivity contribution in [3.8, 4) is 0 Å². The Morgan fingerprint density at radius 2 is 2.08 bits per heavy atom. The van der Waals surface area contributed by atoms with Crippen molar-refractivity contribution in [3.05, 3.63) is 48.6 Å². The van der Waals surface area contributed by atoms with E-state index in [1.807, 2.05) is 30.3 Å². The molecule has 1 aliphatic rings. The third-order valence-corrected chi connectivity index (χ3v) is 5.48. The summed E-state index contributed by atoms with van der Waals surface area (Å²) in [7, 11) is 3.37. The van der Waals surface area contributed by atoms with E-state index < -0.39 is 12.1 Å².